The first-order valence-corrected chi connectivity index (χ1v) is 9.48. The summed E-state index contributed by atoms with van der Waals surface area (Å²) in [5, 5.41) is 21.9. The van der Waals surface area contributed by atoms with Gasteiger partial charge in [0.25, 0.3) is 0 Å². The highest BCUT2D eigenvalue weighted by molar-refractivity contribution is 5.98. The average Bonchev–Trinajstić information content (AvgIpc) is 3.07. The van der Waals surface area contributed by atoms with Gasteiger partial charge < -0.3 is 25.0 Å². The Morgan fingerprint density at radius 3 is 2.66 bits per heavy atom. The first-order chi connectivity index (χ1) is 13.8. The molecule has 1 aromatic rings. The molecule has 1 aliphatic rings. The molecule has 0 aromatic heterocycles. The van der Waals surface area contributed by atoms with E-state index in [1.807, 2.05) is 19.9 Å². The van der Waals surface area contributed by atoms with Crippen LogP contribution < -0.4 is 10.1 Å². The normalized spacial score (nSPS) is 13.1. The molecule has 158 valence electrons. The van der Waals surface area contributed by atoms with Crippen LogP contribution in [0.2, 0.25) is 0 Å². The molecule has 1 heterocycles. The van der Waals surface area contributed by atoms with Crippen molar-refractivity contribution in [2.45, 2.75) is 52.6 Å². The van der Waals surface area contributed by atoms with Crippen LogP contribution in [0.1, 0.15) is 59.7 Å². The number of nitrogens with one attached hydrogen (secondary N) is 1. The molecule has 1 aromatic carbocycles. The standard InChI is InChI=1S/C21H27NO7/c1-12(7-9-16(23)22-10-4-5-17(24)25)6-8-14-19(26)18-15(11-29-21(18)27)13(2)20(14)28-3/h6,26H,4-5,7-11H2,1-3H3,(H,22,23)(H,24,25). The topological polar surface area (TPSA) is 122 Å². The van der Waals surface area contributed by atoms with Crippen molar-refractivity contribution in [2.24, 2.45) is 0 Å². The van der Waals surface area contributed by atoms with Gasteiger partial charge in [-0.25, -0.2) is 4.79 Å². The predicted octanol–water partition coefficient (Wildman–Crippen LogP) is 2.63. The predicted molar refractivity (Wildman–Crippen MR) is 105 cm³/mol. The molecule has 0 saturated carbocycles. The minimum atomic E-state index is -0.883. The van der Waals surface area contributed by atoms with E-state index in [0.717, 1.165) is 11.1 Å². The number of rotatable bonds is 10. The van der Waals surface area contributed by atoms with Crippen molar-refractivity contribution >= 4 is 17.8 Å². The van der Waals surface area contributed by atoms with E-state index in [-0.39, 0.29) is 36.7 Å². The van der Waals surface area contributed by atoms with E-state index < -0.39 is 11.9 Å². The number of phenolic OH excluding ortho intramolecular Hbond substituents is 1. The fraction of sp³-hybridized carbons (Fsp3) is 0.476. The SMILES string of the molecule is COc1c(C)c2c(c(O)c1CC=C(C)CCC(=O)NCCCC(=O)O)C(=O)OC2. The summed E-state index contributed by atoms with van der Waals surface area (Å²) in [5.74, 6) is -1.15. The molecule has 1 amide bonds. The van der Waals surface area contributed by atoms with Crippen molar-refractivity contribution in [1.82, 2.24) is 5.32 Å². The highest BCUT2D eigenvalue weighted by Gasteiger charge is 2.31. The number of carboxylic acids is 1. The number of fused-ring (bicyclic) bond motifs is 1. The van der Waals surface area contributed by atoms with Crippen molar-refractivity contribution in [3.8, 4) is 11.5 Å². The molecule has 0 saturated heterocycles. The van der Waals surface area contributed by atoms with Crippen LogP contribution in [0.4, 0.5) is 0 Å². The Morgan fingerprint density at radius 1 is 1.28 bits per heavy atom. The highest BCUT2D eigenvalue weighted by atomic mass is 16.5. The van der Waals surface area contributed by atoms with Gasteiger partial charge in [-0.2, -0.15) is 0 Å². The smallest absolute Gasteiger partial charge is 0.342 e. The zero-order chi connectivity index (χ0) is 21.6. The van der Waals surface area contributed by atoms with Gasteiger partial charge in [0.05, 0.1) is 7.11 Å². The van der Waals surface area contributed by atoms with Gasteiger partial charge in [-0.1, -0.05) is 11.6 Å². The number of esters is 1. The van der Waals surface area contributed by atoms with Crippen molar-refractivity contribution in [3.05, 3.63) is 33.9 Å². The third kappa shape index (κ3) is 5.49. The van der Waals surface area contributed by atoms with Crippen molar-refractivity contribution in [1.29, 1.82) is 0 Å². The number of amides is 1. The van der Waals surface area contributed by atoms with Gasteiger partial charge in [0.2, 0.25) is 5.91 Å². The molecular weight excluding hydrogens is 378 g/mol. The molecule has 0 atom stereocenters. The van der Waals surface area contributed by atoms with Crippen LogP contribution >= 0.6 is 0 Å². The maximum atomic E-state index is 11.9. The average molecular weight is 405 g/mol. The number of ether oxygens (including phenoxy) is 2. The van der Waals surface area contributed by atoms with E-state index in [2.05, 4.69) is 5.32 Å². The first-order valence-electron chi connectivity index (χ1n) is 9.48. The molecule has 0 spiro atoms. The van der Waals surface area contributed by atoms with Gasteiger partial charge in [-0.05, 0) is 38.7 Å². The van der Waals surface area contributed by atoms with E-state index >= 15 is 0 Å². The second kappa shape index (κ2) is 9.95. The van der Waals surface area contributed by atoms with E-state index in [9.17, 15) is 19.5 Å². The Morgan fingerprint density at radius 2 is 2.00 bits per heavy atom. The number of methoxy groups -OCH3 is 1. The fourth-order valence-corrected chi connectivity index (χ4v) is 3.27. The number of phenols is 1. The summed E-state index contributed by atoms with van der Waals surface area (Å²) in [6, 6.07) is 0. The van der Waals surface area contributed by atoms with E-state index in [0.29, 0.717) is 42.7 Å². The van der Waals surface area contributed by atoms with Crippen LogP contribution in [-0.2, 0) is 27.4 Å². The molecular formula is C21H27NO7. The van der Waals surface area contributed by atoms with Crippen LogP contribution in [-0.4, -0.2) is 41.7 Å². The van der Waals surface area contributed by atoms with Crippen LogP contribution in [0.15, 0.2) is 11.6 Å². The van der Waals surface area contributed by atoms with E-state index in [1.54, 1.807) is 0 Å². The lowest BCUT2D eigenvalue weighted by molar-refractivity contribution is -0.137. The number of carboxylic acid groups (broad SMARTS) is 1. The quantitative estimate of drug-likeness (QED) is 0.311. The molecule has 0 aliphatic carbocycles. The molecule has 0 radical (unpaired) electrons. The minimum Gasteiger partial charge on any atom is -0.507 e. The van der Waals surface area contributed by atoms with Crippen molar-refractivity contribution < 1.29 is 34.1 Å². The Hall–Kier alpha value is -3.03. The number of aliphatic carboxylic acids is 1. The summed E-state index contributed by atoms with van der Waals surface area (Å²) in [6.07, 6.45) is 3.48. The Labute approximate surface area is 169 Å². The molecule has 3 N–H and O–H groups in total. The number of carbonyl (C=O) groups excluding carboxylic acids is 2. The monoisotopic (exact) mass is 405 g/mol. The number of allylic oxidation sites excluding steroid dienone is 2. The summed E-state index contributed by atoms with van der Waals surface area (Å²) >= 11 is 0. The van der Waals surface area contributed by atoms with Crippen molar-refractivity contribution in [3.63, 3.8) is 0 Å². The lowest BCUT2D eigenvalue weighted by Gasteiger charge is -2.15. The number of hydrogen-bond acceptors (Lipinski definition) is 6. The number of benzene rings is 1. The zero-order valence-electron chi connectivity index (χ0n) is 17.0. The molecule has 0 fully saturated rings. The fourth-order valence-electron chi connectivity index (χ4n) is 3.27. The van der Waals surface area contributed by atoms with Gasteiger partial charge in [-0.3, -0.25) is 9.59 Å². The van der Waals surface area contributed by atoms with Crippen LogP contribution in [0.5, 0.6) is 11.5 Å². The maximum Gasteiger partial charge on any atom is 0.342 e. The third-order valence-corrected chi connectivity index (χ3v) is 4.94. The lowest BCUT2D eigenvalue weighted by atomic mass is 9.94. The first kappa shape index (κ1) is 22.3. The van der Waals surface area contributed by atoms with Crippen LogP contribution in [0.25, 0.3) is 0 Å². The number of hydrogen-bond donors (Lipinski definition) is 3. The summed E-state index contributed by atoms with van der Waals surface area (Å²) < 4.78 is 10.5. The second-order valence-electron chi connectivity index (χ2n) is 7.02. The van der Waals surface area contributed by atoms with Gasteiger partial charge >= 0.3 is 11.9 Å². The maximum absolute atomic E-state index is 11.9. The second-order valence-corrected chi connectivity index (χ2v) is 7.02. The zero-order valence-corrected chi connectivity index (χ0v) is 17.0. The lowest BCUT2D eigenvalue weighted by Crippen LogP contribution is -2.24. The van der Waals surface area contributed by atoms with Crippen molar-refractivity contribution in [2.75, 3.05) is 13.7 Å². The van der Waals surface area contributed by atoms with Gasteiger partial charge in [0.1, 0.15) is 23.7 Å². The summed E-state index contributed by atoms with van der Waals surface area (Å²) in [7, 11) is 1.51. The Balaban J connectivity index is 1.99. The number of cyclic esters (lactones) is 1. The Bertz CT molecular complexity index is 842. The molecule has 1 aliphatic heterocycles. The molecule has 29 heavy (non-hydrogen) atoms. The van der Waals surface area contributed by atoms with Gasteiger partial charge in [0.15, 0.2) is 0 Å². The summed E-state index contributed by atoms with van der Waals surface area (Å²) in [4.78, 5) is 34.2. The largest absolute Gasteiger partial charge is 0.507 e. The molecule has 8 heteroatoms. The molecule has 8 nitrogen and oxygen atoms in total. The van der Waals surface area contributed by atoms with E-state index in [4.69, 9.17) is 14.6 Å². The Kier molecular flexibility index (Phi) is 7.64. The summed E-state index contributed by atoms with van der Waals surface area (Å²) in [5.41, 5.74) is 3.08. The number of aromatic hydroxyl groups is 1. The van der Waals surface area contributed by atoms with Crippen LogP contribution in [0.3, 0.4) is 0 Å². The van der Waals surface area contributed by atoms with Gasteiger partial charge in [-0.15, -0.1) is 0 Å². The molecule has 0 bridgehead atoms. The number of carbonyl (C=O) groups is 3. The third-order valence-electron chi connectivity index (χ3n) is 4.94. The molecule has 2 rings (SSSR count). The van der Waals surface area contributed by atoms with E-state index in [1.165, 1.54) is 7.11 Å². The summed E-state index contributed by atoms with van der Waals surface area (Å²) in [6.45, 7) is 4.17. The minimum absolute atomic E-state index is 0.0261. The van der Waals surface area contributed by atoms with Gasteiger partial charge in [0, 0.05) is 30.5 Å². The highest BCUT2D eigenvalue weighted by Crippen LogP contribution is 2.42. The molecule has 0 unspecified atom stereocenters. The van der Waals surface area contributed by atoms with Crippen LogP contribution in [0, 0.1) is 6.92 Å².